The molecule has 1 aromatic heterocycles. The number of hydrogen-bond donors (Lipinski definition) is 0. The van der Waals surface area contributed by atoms with E-state index in [9.17, 15) is 0 Å². The predicted octanol–water partition coefficient (Wildman–Crippen LogP) is 16.0. The lowest BCUT2D eigenvalue weighted by Crippen LogP contribution is -2.11. The summed E-state index contributed by atoms with van der Waals surface area (Å²) in [6, 6.07) is 80.7. The van der Waals surface area contributed by atoms with Crippen LogP contribution in [0.4, 0.5) is 17.1 Å². The fourth-order valence-corrected chi connectivity index (χ4v) is 8.56. The summed E-state index contributed by atoms with van der Waals surface area (Å²) in [7, 11) is 0. The van der Waals surface area contributed by atoms with Crippen molar-refractivity contribution in [3.63, 3.8) is 0 Å². The summed E-state index contributed by atoms with van der Waals surface area (Å²) in [6.45, 7) is 0. The van der Waals surface area contributed by atoms with Gasteiger partial charge in [-0.1, -0.05) is 176 Å². The third-order valence-electron chi connectivity index (χ3n) is 11.5. The first-order valence-corrected chi connectivity index (χ1v) is 19.8. The van der Waals surface area contributed by atoms with Gasteiger partial charge in [0.15, 0.2) is 0 Å². The molecule has 0 atom stereocenters. The highest BCUT2D eigenvalue weighted by molar-refractivity contribution is 6.19. The van der Waals surface area contributed by atoms with Crippen molar-refractivity contribution in [3.05, 3.63) is 224 Å². The van der Waals surface area contributed by atoms with Gasteiger partial charge < -0.3 is 9.32 Å². The molecule has 10 aromatic carbocycles. The van der Waals surface area contributed by atoms with Gasteiger partial charge in [-0.05, 0) is 104 Å². The number of anilines is 3. The molecule has 0 saturated heterocycles. The molecule has 0 spiro atoms. The summed E-state index contributed by atoms with van der Waals surface area (Å²) in [6.07, 6.45) is 0. The number of para-hydroxylation sites is 2. The Labute approximate surface area is 337 Å². The Hall–Kier alpha value is -7.68. The first kappa shape index (κ1) is 33.6. The maximum Gasteiger partial charge on any atom is 0.143 e. The number of benzene rings is 10. The van der Waals surface area contributed by atoms with E-state index in [1.807, 2.05) is 6.07 Å². The molecule has 0 amide bonds. The largest absolute Gasteiger partial charge is 0.455 e. The zero-order valence-corrected chi connectivity index (χ0v) is 31.7. The average molecular weight is 740 g/mol. The van der Waals surface area contributed by atoms with Gasteiger partial charge in [-0.2, -0.15) is 0 Å². The second-order valence-corrected chi connectivity index (χ2v) is 14.9. The van der Waals surface area contributed by atoms with Crippen molar-refractivity contribution in [2.24, 2.45) is 0 Å². The van der Waals surface area contributed by atoms with E-state index in [2.05, 4.69) is 223 Å². The highest BCUT2D eigenvalue weighted by atomic mass is 16.3. The van der Waals surface area contributed by atoms with Crippen LogP contribution < -0.4 is 4.90 Å². The van der Waals surface area contributed by atoms with Gasteiger partial charge in [0.1, 0.15) is 11.2 Å². The molecule has 0 unspecified atom stereocenters. The molecule has 0 N–H and O–H groups in total. The lowest BCUT2D eigenvalue weighted by Gasteiger charge is -2.28. The van der Waals surface area contributed by atoms with Crippen LogP contribution in [0.1, 0.15) is 0 Å². The van der Waals surface area contributed by atoms with Crippen LogP contribution in [0.25, 0.3) is 88.0 Å². The van der Waals surface area contributed by atoms with E-state index >= 15 is 0 Å². The molecule has 2 nitrogen and oxygen atoms in total. The molecule has 0 saturated carbocycles. The van der Waals surface area contributed by atoms with Crippen LogP contribution in [0.2, 0.25) is 0 Å². The van der Waals surface area contributed by atoms with Gasteiger partial charge in [0.2, 0.25) is 0 Å². The molecular weight excluding hydrogens is 703 g/mol. The first-order valence-electron chi connectivity index (χ1n) is 19.8. The Bertz CT molecular complexity index is 3250. The molecule has 2 heteroatoms. The molecule has 0 aliphatic rings. The van der Waals surface area contributed by atoms with Crippen molar-refractivity contribution in [3.8, 4) is 44.5 Å². The molecule has 0 aliphatic carbocycles. The molecule has 11 aromatic rings. The monoisotopic (exact) mass is 739 g/mol. The summed E-state index contributed by atoms with van der Waals surface area (Å²) in [5.74, 6) is 0. The lowest BCUT2D eigenvalue weighted by molar-refractivity contribution is 0.673. The number of rotatable bonds is 7. The summed E-state index contributed by atoms with van der Waals surface area (Å²) >= 11 is 0. The summed E-state index contributed by atoms with van der Waals surface area (Å²) in [5.41, 5.74) is 14.5. The van der Waals surface area contributed by atoms with Gasteiger partial charge in [0.25, 0.3) is 0 Å². The normalized spacial score (nSPS) is 11.4. The van der Waals surface area contributed by atoms with Crippen LogP contribution in [0, 0.1) is 0 Å². The quantitative estimate of drug-likeness (QED) is 0.162. The van der Waals surface area contributed by atoms with Gasteiger partial charge in [-0.3, -0.25) is 0 Å². The maximum atomic E-state index is 6.65. The molecule has 0 bridgehead atoms. The van der Waals surface area contributed by atoms with Crippen molar-refractivity contribution in [1.29, 1.82) is 0 Å². The first-order chi connectivity index (χ1) is 28.7. The number of nitrogens with zero attached hydrogens (tertiary/aromatic N) is 1. The van der Waals surface area contributed by atoms with Crippen molar-refractivity contribution in [2.45, 2.75) is 0 Å². The highest BCUT2D eigenvalue weighted by Crippen LogP contribution is 2.46. The van der Waals surface area contributed by atoms with Crippen molar-refractivity contribution < 1.29 is 4.42 Å². The molecule has 11 rings (SSSR count). The Morgan fingerprint density at radius 1 is 0.310 bits per heavy atom. The topological polar surface area (TPSA) is 16.4 Å². The smallest absolute Gasteiger partial charge is 0.143 e. The number of hydrogen-bond acceptors (Lipinski definition) is 2. The third kappa shape index (κ3) is 5.91. The van der Waals surface area contributed by atoms with Crippen molar-refractivity contribution in [1.82, 2.24) is 0 Å². The molecule has 0 fully saturated rings. The fourth-order valence-electron chi connectivity index (χ4n) is 8.56. The van der Waals surface area contributed by atoms with Crippen LogP contribution in [0.5, 0.6) is 0 Å². The highest BCUT2D eigenvalue weighted by Gasteiger charge is 2.21. The minimum absolute atomic E-state index is 0.899. The average Bonchev–Trinajstić information content (AvgIpc) is 3.69. The van der Waals surface area contributed by atoms with Crippen molar-refractivity contribution >= 4 is 60.5 Å². The standard InChI is InChI=1S/C56H37NO/c1-2-11-38(12-3-1)40-21-23-41(24-22-40)42-27-32-47(33-28-42)57(48-34-29-43(30-35-48)46-26-25-39-13-4-5-14-45(39)37-46)53-19-8-6-16-49(53)51-18-10-15-44-31-36-52-50-17-7-9-20-54(50)58-56(52)55(44)51/h1-37H. The van der Waals surface area contributed by atoms with Crippen LogP contribution >= 0.6 is 0 Å². The summed E-state index contributed by atoms with van der Waals surface area (Å²) in [4.78, 5) is 2.39. The second kappa shape index (κ2) is 14.1. The van der Waals surface area contributed by atoms with E-state index in [4.69, 9.17) is 4.42 Å². The van der Waals surface area contributed by atoms with Gasteiger partial charge >= 0.3 is 0 Å². The van der Waals surface area contributed by atoms with Gasteiger partial charge in [0, 0.05) is 33.1 Å². The Balaban J connectivity index is 1.05. The zero-order valence-electron chi connectivity index (χ0n) is 31.7. The molecular formula is C56H37NO. The third-order valence-corrected chi connectivity index (χ3v) is 11.5. The SMILES string of the molecule is c1ccc(-c2ccc(-c3ccc(N(c4ccc(-c5ccc6ccccc6c5)cc4)c4ccccc4-c4cccc5ccc6c7ccccc7oc6c45)cc3)cc2)cc1. The fraction of sp³-hybridized carbons (Fsp3) is 0. The van der Waals surface area contributed by atoms with Gasteiger partial charge in [-0.25, -0.2) is 0 Å². The van der Waals surface area contributed by atoms with E-state index in [0.717, 1.165) is 60.9 Å². The molecule has 0 radical (unpaired) electrons. The van der Waals surface area contributed by atoms with Crippen LogP contribution in [0.3, 0.4) is 0 Å². The van der Waals surface area contributed by atoms with Crippen LogP contribution in [0.15, 0.2) is 229 Å². The van der Waals surface area contributed by atoms with Crippen LogP contribution in [-0.2, 0) is 0 Å². The van der Waals surface area contributed by atoms with E-state index < -0.39 is 0 Å². The van der Waals surface area contributed by atoms with E-state index in [0.29, 0.717) is 0 Å². The van der Waals surface area contributed by atoms with E-state index in [1.165, 1.54) is 44.2 Å². The molecule has 1 heterocycles. The number of furan rings is 1. The van der Waals surface area contributed by atoms with Gasteiger partial charge in [0.05, 0.1) is 5.69 Å². The molecule has 58 heavy (non-hydrogen) atoms. The Morgan fingerprint density at radius 2 is 0.828 bits per heavy atom. The summed E-state index contributed by atoms with van der Waals surface area (Å²) < 4.78 is 6.65. The van der Waals surface area contributed by atoms with Crippen LogP contribution in [-0.4, -0.2) is 0 Å². The molecule has 272 valence electrons. The maximum absolute atomic E-state index is 6.65. The van der Waals surface area contributed by atoms with Gasteiger partial charge in [-0.15, -0.1) is 0 Å². The Kier molecular flexibility index (Phi) is 8.19. The van der Waals surface area contributed by atoms with E-state index in [-0.39, 0.29) is 0 Å². The lowest BCUT2D eigenvalue weighted by atomic mass is 9.94. The second-order valence-electron chi connectivity index (χ2n) is 14.9. The number of fused-ring (bicyclic) bond motifs is 6. The molecule has 0 aliphatic heterocycles. The predicted molar refractivity (Wildman–Crippen MR) is 245 cm³/mol. The van der Waals surface area contributed by atoms with Crippen molar-refractivity contribution in [2.75, 3.05) is 4.90 Å². The van der Waals surface area contributed by atoms with E-state index in [1.54, 1.807) is 0 Å². The minimum Gasteiger partial charge on any atom is -0.455 e. The summed E-state index contributed by atoms with van der Waals surface area (Å²) in [5, 5.41) is 7.00. The minimum atomic E-state index is 0.899. The Morgan fingerprint density at radius 3 is 1.57 bits per heavy atom. The zero-order chi connectivity index (χ0) is 38.4.